The van der Waals surface area contributed by atoms with Gasteiger partial charge in [0, 0.05) is 17.2 Å². The zero-order chi connectivity index (χ0) is 14.7. The van der Waals surface area contributed by atoms with Crippen LogP contribution < -0.4 is 11.1 Å². The van der Waals surface area contributed by atoms with Crippen LogP contribution in [0.2, 0.25) is 0 Å². The van der Waals surface area contributed by atoms with Crippen LogP contribution in [0.1, 0.15) is 15.9 Å². The van der Waals surface area contributed by atoms with Crippen molar-refractivity contribution in [1.82, 2.24) is 0 Å². The molecule has 0 saturated heterocycles. The zero-order valence-electron chi connectivity index (χ0n) is 10.8. The minimum Gasteiger partial charge on any atom is -0.397 e. The minimum atomic E-state index is -0.511. The maximum Gasteiger partial charge on any atom is 0.273 e. The van der Waals surface area contributed by atoms with Crippen molar-refractivity contribution in [1.29, 1.82) is 0 Å². The van der Waals surface area contributed by atoms with Crippen LogP contribution in [-0.2, 0) is 0 Å². The Bertz CT molecular complexity index is 683. The summed E-state index contributed by atoms with van der Waals surface area (Å²) in [6.07, 6.45) is 0. The van der Waals surface area contributed by atoms with E-state index in [0.717, 1.165) is 0 Å². The summed E-state index contributed by atoms with van der Waals surface area (Å²) in [4.78, 5) is 22.5. The summed E-state index contributed by atoms with van der Waals surface area (Å²) in [7, 11) is 0. The number of para-hydroxylation sites is 2. The van der Waals surface area contributed by atoms with Crippen LogP contribution in [0.4, 0.5) is 17.1 Å². The number of amides is 1. The van der Waals surface area contributed by atoms with Gasteiger partial charge in [0.2, 0.25) is 0 Å². The summed E-state index contributed by atoms with van der Waals surface area (Å²) < 4.78 is 0. The third-order valence-electron chi connectivity index (χ3n) is 2.96. The van der Waals surface area contributed by atoms with Crippen molar-refractivity contribution in [3.63, 3.8) is 0 Å². The van der Waals surface area contributed by atoms with Crippen LogP contribution in [0.15, 0.2) is 42.5 Å². The molecule has 0 aromatic heterocycles. The Morgan fingerprint density at radius 2 is 1.90 bits per heavy atom. The van der Waals surface area contributed by atoms with E-state index in [4.69, 9.17) is 5.73 Å². The van der Waals surface area contributed by atoms with Crippen LogP contribution in [0, 0.1) is 17.0 Å². The van der Waals surface area contributed by atoms with Crippen molar-refractivity contribution in [3.8, 4) is 0 Å². The van der Waals surface area contributed by atoms with E-state index in [1.807, 2.05) is 0 Å². The van der Waals surface area contributed by atoms with Crippen molar-refractivity contribution >= 4 is 23.0 Å². The highest BCUT2D eigenvalue weighted by atomic mass is 16.6. The number of nitro benzene ring substituents is 1. The van der Waals surface area contributed by atoms with Crippen molar-refractivity contribution in [2.75, 3.05) is 11.1 Å². The lowest BCUT2D eigenvalue weighted by Gasteiger charge is -2.09. The minimum absolute atomic E-state index is 0.0846. The molecule has 2 aromatic carbocycles. The molecule has 0 radical (unpaired) electrons. The van der Waals surface area contributed by atoms with Gasteiger partial charge < -0.3 is 11.1 Å². The fraction of sp³-hybridized carbons (Fsp3) is 0.0714. The Morgan fingerprint density at radius 3 is 2.55 bits per heavy atom. The number of rotatable bonds is 3. The van der Waals surface area contributed by atoms with Gasteiger partial charge in [-0.1, -0.05) is 18.2 Å². The van der Waals surface area contributed by atoms with E-state index in [-0.39, 0.29) is 11.3 Å². The lowest BCUT2D eigenvalue weighted by Crippen LogP contribution is -2.15. The van der Waals surface area contributed by atoms with Gasteiger partial charge >= 0.3 is 0 Å². The molecule has 6 nitrogen and oxygen atoms in total. The molecular weight excluding hydrogens is 258 g/mol. The number of nitro groups is 1. The molecule has 2 aromatic rings. The average Bonchev–Trinajstić information content (AvgIpc) is 2.41. The van der Waals surface area contributed by atoms with Crippen molar-refractivity contribution < 1.29 is 9.72 Å². The normalized spacial score (nSPS) is 10.1. The van der Waals surface area contributed by atoms with E-state index in [0.29, 0.717) is 16.9 Å². The van der Waals surface area contributed by atoms with Gasteiger partial charge in [-0.15, -0.1) is 0 Å². The lowest BCUT2D eigenvalue weighted by atomic mass is 10.1. The molecule has 0 bridgehead atoms. The molecule has 0 aliphatic carbocycles. The molecule has 102 valence electrons. The third-order valence-corrected chi connectivity index (χ3v) is 2.96. The molecule has 0 saturated carbocycles. The Balaban J connectivity index is 2.33. The number of anilines is 2. The molecule has 0 aliphatic heterocycles. The maximum atomic E-state index is 12.2. The van der Waals surface area contributed by atoms with Crippen LogP contribution in [-0.4, -0.2) is 10.8 Å². The number of nitrogens with one attached hydrogen (secondary N) is 1. The number of hydrogen-bond donors (Lipinski definition) is 2. The number of hydrogen-bond acceptors (Lipinski definition) is 4. The number of nitrogens with two attached hydrogens (primary N) is 1. The van der Waals surface area contributed by atoms with Gasteiger partial charge in [0.05, 0.1) is 16.3 Å². The van der Waals surface area contributed by atoms with Crippen molar-refractivity contribution in [2.45, 2.75) is 6.92 Å². The largest absolute Gasteiger partial charge is 0.397 e. The topological polar surface area (TPSA) is 98.3 Å². The first-order valence-corrected chi connectivity index (χ1v) is 5.90. The number of nitrogens with zero attached hydrogens (tertiary/aromatic N) is 1. The van der Waals surface area contributed by atoms with Crippen molar-refractivity contribution in [2.24, 2.45) is 0 Å². The number of carbonyl (C=O) groups is 1. The van der Waals surface area contributed by atoms with E-state index in [2.05, 4.69) is 5.32 Å². The molecular formula is C14H13N3O3. The number of benzene rings is 2. The van der Waals surface area contributed by atoms with Crippen LogP contribution in [0.3, 0.4) is 0 Å². The maximum absolute atomic E-state index is 12.2. The van der Waals surface area contributed by atoms with Gasteiger partial charge in [-0.2, -0.15) is 0 Å². The molecule has 3 N–H and O–H groups in total. The second kappa shape index (κ2) is 5.40. The average molecular weight is 271 g/mol. The fourth-order valence-electron chi connectivity index (χ4n) is 1.87. The van der Waals surface area contributed by atoms with Gasteiger partial charge in [-0.3, -0.25) is 14.9 Å². The second-order valence-corrected chi connectivity index (χ2v) is 4.25. The molecule has 0 heterocycles. The quantitative estimate of drug-likeness (QED) is 0.509. The molecule has 0 unspecified atom stereocenters. The zero-order valence-corrected chi connectivity index (χ0v) is 10.8. The molecule has 0 fully saturated rings. The van der Waals surface area contributed by atoms with Crippen LogP contribution in [0.5, 0.6) is 0 Å². The molecule has 20 heavy (non-hydrogen) atoms. The third kappa shape index (κ3) is 2.59. The molecule has 1 amide bonds. The highest BCUT2D eigenvalue weighted by Gasteiger charge is 2.18. The summed E-state index contributed by atoms with van der Waals surface area (Å²) >= 11 is 0. The van der Waals surface area contributed by atoms with Gasteiger partial charge in [0.1, 0.15) is 0 Å². The Hall–Kier alpha value is -2.89. The monoisotopic (exact) mass is 271 g/mol. The predicted molar refractivity (Wildman–Crippen MR) is 76.6 cm³/mol. The van der Waals surface area contributed by atoms with E-state index < -0.39 is 10.8 Å². The van der Waals surface area contributed by atoms with E-state index in [9.17, 15) is 14.9 Å². The first-order chi connectivity index (χ1) is 9.50. The Morgan fingerprint density at radius 1 is 1.20 bits per heavy atom. The smallest absolute Gasteiger partial charge is 0.273 e. The highest BCUT2D eigenvalue weighted by molar-refractivity contribution is 6.07. The fourth-order valence-corrected chi connectivity index (χ4v) is 1.87. The van der Waals surface area contributed by atoms with Gasteiger partial charge in [-0.25, -0.2) is 0 Å². The van der Waals surface area contributed by atoms with E-state index in [1.165, 1.54) is 18.2 Å². The molecule has 6 heteroatoms. The molecule has 2 rings (SSSR count). The molecule has 0 spiro atoms. The Labute approximate surface area is 115 Å². The van der Waals surface area contributed by atoms with E-state index >= 15 is 0 Å². The van der Waals surface area contributed by atoms with Gasteiger partial charge in [0.15, 0.2) is 0 Å². The van der Waals surface area contributed by atoms with Crippen molar-refractivity contribution in [3.05, 3.63) is 63.7 Å². The first kappa shape index (κ1) is 13.5. The molecule has 0 aliphatic rings. The SMILES string of the molecule is Cc1c(C(=O)Nc2ccccc2N)cccc1[N+](=O)[O-]. The van der Waals surface area contributed by atoms with Crippen LogP contribution >= 0.6 is 0 Å². The summed E-state index contributed by atoms with van der Waals surface area (Å²) in [5.74, 6) is -0.427. The second-order valence-electron chi connectivity index (χ2n) is 4.25. The summed E-state index contributed by atoms with van der Waals surface area (Å²) in [6.45, 7) is 1.54. The van der Waals surface area contributed by atoms with Crippen LogP contribution in [0.25, 0.3) is 0 Å². The Kier molecular flexibility index (Phi) is 3.65. The standard InChI is InChI=1S/C14H13N3O3/c1-9-10(5-4-8-13(9)17(19)20)14(18)16-12-7-3-2-6-11(12)15/h2-8H,15H2,1H3,(H,16,18). The lowest BCUT2D eigenvalue weighted by molar-refractivity contribution is -0.385. The summed E-state index contributed by atoms with van der Waals surface area (Å²) in [5.41, 5.74) is 7.14. The number of carbonyl (C=O) groups excluding carboxylic acids is 1. The van der Waals surface area contributed by atoms with E-state index in [1.54, 1.807) is 31.2 Å². The van der Waals surface area contributed by atoms with Gasteiger partial charge in [0.25, 0.3) is 11.6 Å². The summed E-state index contributed by atoms with van der Waals surface area (Å²) in [5, 5.41) is 13.5. The molecule has 0 atom stereocenters. The van der Waals surface area contributed by atoms with Gasteiger partial charge in [-0.05, 0) is 25.1 Å². The number of nitrogen functional groups attached to an aromatic ring is 1. The predicted octanol–water partition coefficient (Wildman–Crippen LogP) is 2.74. The highest BCUT2D eigenvalue weighted by Crippen LogP contribution is 2.23. The first-order valence-electron chi connectivity index (χ1n) is 5.90. The summed E-state index contributed by atoms with van der Waals surface area (Å²) in [6, 6.07) is 11.2.